The summed E-state index contributed by atoms with van der Waals surface area (Å²) in [6.07, 6.45) is 0. The molecule has 0 unspecified atom stereocenters. The highest BCUT2D eigenvalue weighted by atomic mass is 32.2. The first-order valence-corrected chi connectivity index (χ1v) is 7.99. The van der Waals surface area contributed by atoms with Crippen LogP contribution in [-0.4, -0.2) is 18.3 Å². The monoisotopic (exact) mass is 313 g/mol. The van der Waals surface area contributed by atoms with Gasteiger partial charge in [-0.1, -0.05) is 23.8 Å². The molecule has 22 heavy (non-hydrogen) atoms. The average molecular weight is 313 g/mol. The highest BCUT2D eigenvalue weighted by molar-refractivity contribution is 7.90. The van der Waals surface area contributed by atoms with Crippen molar-refractivity contribution in [2.45, 2.75) is 11.8 Å². The Balaban J connectivity index is 2.35. The van der Waals surface area contributed by atoms with Crippen molar-refractivity contribution in [3.8, 4) is 0 Å². The summed E-state index contributed by atoms with van der Waals surface area (Å²) in [7, 11) is -3.91. The van der Waals surface area contributed by atoms with Crippen molar-refractivity contribution in [3.05, 3.63) is 65.9 Å². The number of carbonyl (C=O) groups is 1. The van der Waals surface area contributed by atoms with Crippen LogP contribution in [-0.2, 0) is 10.0 Å². The van der Waals surface area contributed by atoms with Crippen LogP contribution in [0, 0.1) is 13.0 Å². The van der Waals surface area contributed by atoms with Crippen molar-refractivity contribution in [2.24, 2.45) is 5.73 Å². The van der Waals surface area contributed by atoms with E-state index in [0.29, 0.717) is 10.9 Å². The van der Waals surface area contributed by atoms with Crippen molar-refractivity contribution in [2.75, 3.05) is 0 Å². The van der Waals surface area contributed by atoms with Gasteiger partial charge < -0.3 is 5.73 Å². The summed E-state index contributed by atoms with van der Waals surface area (Å²) in [6.45, 7) is 1.87. The molecule has 2 aromatic carbocycles. The van der Waals surface area contributed by atoms with Gasteiger partial charge in [0.1, 0.15) is 5.69 Å². The number of aryl methyl sites for hydroxylation is 1. The Morgan fingerprint density at radius 3 is 2.50 bits per heavy atom. The van der Waals surface area contributed by atoms with Gasteiger partial charge in [-0.15, -0.1) is 0 Å². The van der Waals surface area contributed by atoms with E-state index in [2.05, 4.69) is 6.07 Å². The molecule has 1 aromatic heterocycles. The molecule has 0 fully saturated rings. The van der Waals surface area contributed by atoms with Gasteiger partial charge >= 0.3 is 0 Å². The second-order valence-electron chi connectivity index (χ2n) is 4.96. The first kappa shape index (κ1) is 14.3. The maximum absolute atomic E-state index is 12.9. The van der Waals surface area contributed by atoms with Gasteiger partial charge in [0.15, 0.2) is 0 Å². The van der Waals surface area contributed by atoms with Crippen LogP contribution in [0.5, 0.6) is 0 Å². The molecule has 5 nitrogen and oxygen atoms in total. The molecule has 1 heterocycles. The first-order chi connectivity index (χ1) is 10.4. The summed E-state index contributed by atoms with van der Waals surface area (Å²) >= 11 is 0. The fraction of sp³-hybridized carbons (Fsp3) is 0.0625. The topological polar surface area (TPSA) is 82.2 Å². The van der Waals surface area contributed by atoms with E-state index >= 15 is 0 Å². The second kappa shape index (κ2) is 4.99. The fourth-order valence-corrected chi connectivity index (χ4v) is 3.83. The van der Waals surface area contributed by atoms with Crippen LogP contribution in [0.1, 0.15) is 16.1 Å². The number of hydrogen-bond acceptors (Lipinski definition) is 3. The molecule has 0 bridgehead atoms. The molecular weight excluding hydrogens is 300 g/mol. The minimum Gasteiger partial charge on any atom is -0.364 e. The van der Waals surface area contributed by atoms with E-state index in [0.717, 1.165) is 9.54 Å². The van der Waals surface area contributed by atoms with Crippen LogP contribution in [0.3, 0.4) is 0 Å². The lowest BCUT2D eigenvalue weighted by molar-refractivity contribution is 0.0995. The number of nitrogens with two attached hydrogens (primary N) is 1. The van der Waals surface area contributed by atoms with Gasteiger partial charge in [0, 0.05) is 5.39 Å². The molecule has 0 saturated carbocycles. The van der Waals surface area contributed by atoms with Crippen molar-refractivity contribution in [1.82, 2.24) is 3.97 Å². The lowest BCUT2D eigenvalue weighted by atomic mass is 10.2. The number of benzene rings is 2. The van der Waals surface area contributed by atoms with Gasteiger partial charge in [-0.3, -0.25) is 4.79 Å². The Bertz CT molecular complexity index is 970. The summed E-state index contributed by atoms with van der Waals surface area (Å²) in [6, 6.07) is 15.5. The fourth-order valence-electron chi connectivity index (χ4n) is 2.32. The Morgan fingerprint density at radius 1 is 1.18 bits per heavy atom. The Morgan fingerprint density at radius 2 is 1.86 bits per heavy atom. The molecule has 0 aliphatic rings. The van der Waals surface area contributed by atoms with E-state index in [1.54, 1.807) is 30.3 Å². The Labute approximate surface area is 128 Å². The minimum atomic E-state index is -3.91. The van der Waals surface area contributed by atoms with Gasteiger partial charge in [0.25, 0.3) is 15.9 Å². The highest BCUT2D eigenvalue weighted by Crippen LogP contribution is 2.25. The molecule has 0 spiro atoms. The van der Waals surface area contributed by atoms with Gasteiger partial charge in [-0.2, -0.15) is 0 Å². The highest BCUT2D eigenvalue weighted by Gasteiger charge is 2.25. The van der Waals surface area contributed by atoms with E-state index in [4.69, 9.17) is 5.73 Å². The van der Waals surface area contributed by atoms with Gasteiger partial charge in [-0.25, -0.2) is 12.4 Å². The number of rotatable bonds is 3. The summed E-state index contributed by atoms with van der Waals surface area (Å²) in [4.78, 5) is 11.8. The zero-order valence-electron chi connectivity index (χ0n) is 11.8. The normalized spacial score (nSPS) is 11.7. The van der Waals surface area contributed by atoms with Crippen LogP contribution in [0.2, 0.25) is 0 Å². The lowest BCUT2D eigenvalue weighted by Gasteiger charge is -2.10. The number of primary amides is 1. The third-order valence-electron chi connectivity index (χ3n) is 3.41. The first-order valence-electron chi connectivity index (χ1n) is 6.55. The zero-order valence-corrected chi connectivity index (χ0v) is 12.6. The van der Waals surface area contributed by atoms with Crippen molar-refractivity contribution in [1.29, 1.82) is 0 Å². The maximum Gasteiger partial charge on any atom is 0.268 e. The van der Waals surface area contributed by atoms with Crippen molar-refractivity contribution < 1.29 is 13.2 Å². The maximum atomic E-state index is 12.9. The van der Waals surface area contributed by atoms with Gasteiger partial charge in [0.2, 0.25) is 0 Å². The third-order valence-corrected chi connectivity index (χ3v) is 5.16. The molecule has 0 saturated heterocycles. The summed E-state index contributed by atoms with van der Waals surface area (Å²) in [5, 5.41) is 0.590. The summed E-state index contributed by atoms with van der Waals surface area (Å²) in [5.41, 5.74) is 6.61. The largest absolute Gasteiger partial charge is 0.364 e. The summed E-state index contributed by atoms with van der Waals surface area (Å²) < 4.78 is 26.8. The molecule has 3 rings (SSSR count). The molecule has 111 valence electrons. The number of fused-ring (bicyclic) bond motifs is 1. The van der Waals surface area contributed by atoms with Crippen LogP contribution >= 0.6 is 0 Å². The molecule has 1 radical (unpaired) electrons. The molecule has 2 N–H and O–H groups in total. The number of nitrogens with zero attached hydrogens (tertiary/aromatic N) is 1. The average Bonchev–Trinajstić information content (AvgIpc) is 2.88. The van der Waals surface area contributed by atoms with Gasteiger partial charge in [-0.05, 0) is 43.3 Å². The smallest absolute Gasteiger partial charge is 0.268 e. The van der Waals surface area contributed by atoms with Crippen LogP contribution < -0.4 is 5.73 Å². The molecule has 0 aliphatic heterocycles. The molecule has 0 aliphatic carbocycles. The third kappa shape index (κ3) is 2.17. The summed E-state index contributed by atoms with van der Waals surface area (Å²) in [5.74, 6) is -0.799. The number of hydrogen-bond donors (Lipinski definition) is 1. The Kier molecular flexibility index (Phi) is 3.26. The molecule has 3 aromatic rings. The van der Waals surface area contributed by atoms with Crippen LogP contribution in [0.4, 0.5) is 0 Å². The van der Waals surface area contributed by atoms with E-state index in [1.807, 2.05) is 6.92 Å². The second-order valence-corrected chi connectivity index (χ2v) is 6.75. The van der Waals surface area contributed by atoms with Crippen molar-refractivity contribution >= 4 is 26.8 Å². The van der Waals surface area contributed by atoms with E-state index in [9.17, 15) is 13.2 Å². The standard InChI is InChI=1S/C16H13N2O3S/c1-11-6-8-13(9-7-11)22(20,21)18-14-5-3-2-4-12(14)10-15(18)16(17)19/h3-10H,1H3,(H2,17,19). The predicted molar refractivity (Wildman–Crippen MR) is 83.1 cm³/mol. The van der Waals surface area contributed by atoms with Crippen LogP contribution in [0.15, 0.2) is 53.4 Å². The van der Waals surface area contributed by atoms with Crippen molar-refractivity contribution in [3.63, 3.8) is 0 Å². The van der Waals surface area contributed by atoms with E-state index in [-0.39, 0.29) is 10.6 Å². The van der Waals surface area contributed by atoms with Gasteiger partial charge in [0.05, 0.1) is 10.4 Å². The lowest BCUT2D eigenvalue weighted by Crippen LogP contribution is -2.22. The molecule has 0 atom stereocenters. The number of aromatic nitrogens is 1. The molecule has 1 amide bonds. The molecular formula is C16H13N2O3S. The molecule has 6 heteroatoms. The Hall–Kier alpha value is -2.60. The number of carbonyl (C=O) groups excluding carboxylic acids is 1. The van der Waals surface area contributed by atoms with E-state index < -0.39 is 15.9 Å². The number of amides is 1. The van der Waals surface area contributed by atoms with E-state index in [1.165, 1.54) is 18.2 Å². The minimum absolute atomic E-state index is 0.0739. The predicted octanol–water partition coefficient (Wildman–Crippen LogP) is 2.09. The quantitative estimate of drug-likeness (QED) is 0.803. The SMILES string of the molecule is Cc1ccc(S(=O)(=O)n2c(C(N)=O)cc3c[c]ccc32)cc1. The zero-order chi connectivity index (χ0) is 15.9. The van der Waals surface area contributed by atoms with Crippen LogP contribution in [0.25, 0.3) is 10.9 Å².